The van der Waals surface area contributed by atoms with Crippen LogP contribution in [0.25, 0.3) is 0 Å². The molecule has 2 rings (SSSR count). The second-order valence-electron chi connectivity index (χ2n) is 6.29. The number of hydrogen-bond acceptors (Lipinski definition) is 5. The van der Waals surface area contributed by atoms with E-state index in [1.807, 2.05) is 20.8 Å². The van der Waals surface area contributed by atoms with Crippen molar-refractivity contribution in [2.24, 2.45) is 0 Å². The first-order valence-corrected chi connectivity index (χ1v) is 7.29. The summed E-state index contributed by atoms with van der Waals surface area (Å²) < 4.78 is 6.84. The molecule has 1 saturated heterocycles. The first-order valence-electron chi connectivity index (χ1n) is 7.29. The summed E-state index contributed by atoms with van der Waals surface area (Å²) in [7, 11) is 0. The van der Waals surface area contributed by atoms with Crippen molar-refractivity contribution in [3.05, 3.63) is 12.3 Å². The number of aromatic nitrogens is 2. The van der Waals surface area contributed by atoms with Gasteiger partial charge in [0, 0.05) is 32.4 Å². The third-order valence-electron chi connectivity index (χ3n) is 3.24. The fraction of sp³-hybridized carbons (Fsp3) is 0.643. The van der Waals surface area contributed by atoms with Crippen molar-refractivity contribution < 1.29 is 14.3 Å². The maximum Gasteiger partial charge on any atom is 0.410 e. The third-order valence-corrected chi connectivity index (χ3v) is 3.24. The minimum Gasteiger partial charge on any atom is -0.444 e. The van der Waals surface area contributed by atoms with Gasteiger partial charge in [-0.25, -0.2) is 4.79 Å². The van der Waals surface area contributed by atoms with E-state index in [4.69, 9.17) is 10.5 Å². The summed E-state index contributed by atoms with van der Waals surface area (Å²) in [6.45, 7) is 7.60. The Hall–Kier alpha value is -2.25. The lowest BCUT2D eigenvalue weighted by molar-refractivity contribution is -0.133. The molecule has 1 aromatic rings. The van der Waals surface area contributed by atoms with Crippen molar-refractivity contribution in [1.82, 2.24) is 19.6 Å². The van der Waals surface area contributed by atoms with Crippen LogP contribution in [0, 0.1) is 0 Å². The minimum absolute atomic E-state index is 0.0352. The fourth-order valence-corrected chi connectivity index (χ4v) is 2.17. The number of carbonyl (C=O) groups excluding carboxylic acids is 2. The van der Waals surface area contributed by atoms with Gasteiger partial charge >= 0.3 is 6.09 Å². The molecule has 2 amide bonds. The summed E-state index contributed by atoms with van der Waals surface area (Å²) in [6, 6.07) is 1.65. The molecule has 0 unspecified atom stereocenters. The molecule has 0 spiro atoms. The van der Waals surface area contributed by atoms with Crippen molar-refractivity contribution in [3.8, 4) is 0 Å². The largest absolute Gasteiger partial charge is 0.444 e. The van der Waals surface area contributed by atoms with Gasteiger partial charge in [-0.2, -0.15) is 5.10 Å². The summed E-state index contributed by atoms with van der Waals surface area (Å²) in [5, 5.41) is 3.99. The maximum absolute atomic E-state index is 12.2. The molecule has 1 aliphatic rings. The van der Waals surface area contributed by atoms with E-state index in [1.165, 1.54) is 4.68 Å². The van der Waals surface area contributed by atoms with Crippen molar-refractivity contribution in [1.29, 1.82) is 0 Å². The molecule has 2 heterocycles. The van der Waals surface area contributed by atoms with Gasteiger partial charge in [-0.1, -0.05) is 0 Å². The predicted molar refractivity (Wildman–Crippen MR) is 81.0 cm³/mol. The van der Waals surface area contributed by atoms with Crippen LogP contribution in [0.1, 0.15) is 20.8 Å². The number of rotatable bonds is 2. The van der Waals surface area contributed by atoms with E-state index in [1.54, 1.807) is 22.1 Å². The molecule has 0 bridgehead atoms. The molecule has 0 radical (unpaired) electrons. The lowest BCUT2D eigenvalue weighted by Crippen LogP contribution is -2.52. The number of piperazine rings is 1. The van der Waals surface area contributed by atoms with Gasteiger partial charge in [-0.3, -0.25) is 9.48 Å². The number of nitrogen functional groups attached to an aromatic ring is 1. The summed E-state index contributed by atoms with van der Waals surface area (Å²) >= 11 is 0. The zero-order chi connectivity index (χ0) is 16.3. The highest BCUT2D eigenvalue weighted by molar-refractivity contribution is 5.76. The number of nitrogens with zero attached hydrogens (tertiary/aromatic N) is 4. The van der Waals surface area contributed by atoms with Crippen molar-refractivity contribution in [2.75, 3.05) is 31.9 Å². The number of nitrogens with two attached hydrogens (primary N) is 1. The van der Waals surface area contributed by atoms with Gasteiger partial charge in [-0.15, -0.1) is 0 Å². The summed E-state index contributed by atoms with van der Waals surface area (Å²) in [4.78, 5) is 27.5. The van der Waals surface area contributed by atoms with E-state index >= 15 is 0 Å². The van der Waals surface area contributed by atoms with Gasteiger partial charge in [0.1, 0.15) is 18.0 Å². The molecule has 0 aliphatic carbocycles. The van der Waals surface area contributed by atoms with Crippen LogP contribution in [-0.2, 0) is 16.1 Å². The molecule has 0 aromatic carbocycles. The molecule has 1 aliphatic heterocycles. The van der Waals surface area contributed by atoms with E-state index in [0.29, 0.717) is 32.0 Å². The fourth-order valence-electron chi connectivity index (χ4n) is 2.17. The van der Waals surface area contributed by atoms with Crippen molar-refractivity contribution in [3.63, 3.8) is 0 Å². The molecule has 1 fully saturated rings. The average molecular weight is 309 g/mol. The van der Waals surface area contributed by atoms with Gasteiger partial charge in [0.15, 0.2) is 0 Å². The Balaban J connectivity index is 1.81. The molecule has 0 saturated carbocycles. The summed E-state index contributed by atoms with van der Waals surface area (Å²) in [6.07, 6.45) is 1.34. The van der Waals surface area contributed by atoms with Gasteiger partial charge in [-0.05, 0) is 26.8 Å². The predicted octanol–water partition coefficient (Wildman–Crippen LogP) is 0.545. The molecule has 8 nitrogen and oxygen atoms in total. The van der Waals surface area contributed by atoms with Crippen LogP contribution in [0.5, 0.6) is 0 Å². The van der Waals surface area contributed by atoms with Crippen LogP contribution < -0.4 is 5.73 Å². The first-order chi connectivity index (χ1) is 10.2. The van der Waals surface area contributed by atoms with Crippen LogP contribution >= 0.6 is 0 Å². The number of ether oxygens (including phenoxy) is 1. The monoisotopic (exact) mass is 309 g/mol. The van der Waals surface area contributed by atoms with Crippen LogP contribution in [0.3, 0.4) is 0 Å². The highest BCUT2D eigenvalue weighted by Gasteiger charge is 2.27. The quantitative estimate of drug-likeness (QED) is 0.861. The Bertz CT molecular complexity index is 541. The molecule has 2 N–H and O–H groups in total. The van der Waals surface area contributed by atoms with E-state index in [-0.39, 0.29) is 18.5 Å². The van der Waals surface area contributed by atoms with Crippen molar-refractivity contribution in [2.45, 2.75) is 32.9 Å². The Kier molecular flexibility index (Phi) is 4.58. The topological polar surface area (TPSA) is 93.7 Å². The van der Waals surface area contributed by atoms with Gasteiger partial charge < -0.3 is 20.3 Å². The Labute approximate surface area is 129 Å². The van der Waals surface area contributed by atoms with Crippen LogP contribution in [-0.4, -0.2) is 63.4 Å². The van der Waals surface area contributed by atoms with Gasteiger partial charge in [0.2, 0.25) is 5.91 Å². The zero-order valence-electron chi connectivity index (χ0n) is 13.3. The van der Waals surface area contributed by atoms with E-state index in [0.717, 1.165) is 0 Å². The molecular weight excluding hydrogens is 286 g/mol. The standard InChI is InChI=1S/C14H23N5O3/c1-14(2,3)22-13(21)18-8-6-17(7-9-18)12(20)10-19-5-4-11(15)16-19/h4-5H,6-10H2,1-3H3,(H2,15,16). The van der Waals surface area contributed by atoms with E-state index < -0.39 is 5.60 Å². The average Bonchev–Trinajstić information content (AvgIpc) is 2.82. The second-order valence-corrected chi connectivity index (χ2v) is 6.29. The van der Waals surface area contributed by atoms with Crippen LogP contribution in [0.4, 0.5) is 10.6 Å². The molecule has 122 valence electrons. The normalized spacial score (nSPS) is 15.8. The number of hydrogen-bond donors (Lipinski definition) is 1. The molecule has 22 heavy (non-hydrogen) atoms. The third kappa shape index (κ3) is 4.37. The van der Waals surface area contributed by atoms with Gasteiger partial charge in [0.05, 0.1) is 0 Å². The number of amides is 2. The molecule has 1 aromatic heterocycles. The maximum atomic E-state index is 12.2. The summed E-state index contributed by atoms with van der Waals surface area (Å²) in [5.41, 5.74) is 5.01. The molecule has 0 atom stereocenters. The SMILES string of the molecule is CC(C)(C)OC(=O)N1CCN(C(=O)Cn2ccc(N)n2)CC1. The smallest absolute Gasteiger partial charge is 0.410 e. The van der Waals surface area contributed by atoms with E-state index in [2.05, 4.69) is 5.10 Å². The Morgan fingerprint density at radius 3 is 2.32 bits per heavy atom. The summed E-state index contributed by atoms with van der Waals surface area (Å²) in [5.74, 6) is 0.356. The number of anilines is 1. The Morgan fingerprint density at radius 1 is 1.23 bits per heavy atom. The Morgan fingerprint density at radius 2 is 1.82 bits per heavy atom. The van der Waals surface area contributed by atoms with Gasteiger partial charge in [0.25, 0.3) is 0 Å². The molecular formula is C14H23N5O3. The minimum atomic E-state index is -0.510. The number of carbonyl (C=O) groups is 2. The lowest BCUT2D eigenvalue weighted by atomic mass is 10.2. The highest BCUT2D eigenvalue weighted by Crippen LogP contribution is 2.12. The lowest BCUT2D eigenvalue weighted by Gasteiger charge is -2.35. The second kappa shape index (κ2) is 6.25. The van der Waals surface area contributed by atoms with Crippen LogP contribution in [0.15, 0.2) is 12.3 Å². The zero-order valence-corrected chi connectivity index (χ0v) is 13.3. The highest BCUT2D eigenvalue weighted by atomic mass is 16.6. The van der Waals surface area contributed by atoms with Crippen molar-refractivity contribution >= 4 is 17.8 Å². The molecule has 8 heteroatoms. The van der Waals surface area contributed by atoms with Crippen LogP contribution in [0.2, 0.25) is 0 Å². The van der Waals surface area contributed by atoms with E-state index in [9.17, 15) is 9.59 Å². The first kappa shape index (κ1) is 16.1.